The van der Waals surface area contributed by atoms with E-state index in [-0.39, 0.29) is 18.8 Å². The van der Waals surface area contributed by atoms with Crippen LogP contribution in [-0.2, 0) is 27.5 Å². The third-order valence-corrected chi connectivity index (χ3v) is 7.93. The third-order valence-electron chi connectivity index (χ3n) is 6.10. The van der Waals surface area contributed by atoms with Crippen LogP contribution in [0.5, 0.6) is 0 Å². The van der Waals surface area contributed by atoms with Gasteiger partial charge in [-0.25, -0.2) is 22.1 Å². The first-order chi connectivity index (χ1) is 17.0. The Balaban J connectivity index is 1.63. The molecule has 0 bridgehead atoms. The summed E-state index contributed by atoms with van der Waals surface area (Å²) in [5, 5.41) is 0. The van der Waals surface area contributed by atoms with Gasteiger partial charge in [-0.05, 0) is 30.7 Å². The van der Waals surface area contributed by atoms with Crippen LogP contribution in [-0.4, -0.2) is 75.1 Å². The van der Waals surface area contributed by atoms with Gasteiger partial charge in [0, 0.05) is 13.1 Å². The van der Waals surface area contributed by atoms with Gasteiger partial charge < -0.3 is 14.5 Å². The lowest BCUT2D eigenvalue weighted by Crippen LogP contribution is -2.72. The number of sulfonamides is 1. The third kappa shape index (κ3) is 5.59. The van der Waals surface area contributed by atoms with Crippen molar-refractivity contribution < 1.29 is 30.7 Å². The number of hydrogen-bond acceptors (Lipinski definition) is 4. The Bertz CT molecular complexity index is 1180. The average molecular weight is 529 g/mol. The van der Waals surface area contributed by atoms with Crippen LogP contribution in [0.2, 0.25) is 0 Å². The molecule has 0 saturated carbocycles. The van der Waals surface area contributed by atoms with Crippen LogP contribution < -0.4 is 4.31 Å². The molecule has 2 heterocycles. The Kier molecular flexibility index (Phi) is 7.46. The fraction of sp³-hybridized carbons (Fsp3) is 0.458. The summed E-state index contributed by atoms with van der Waals surface area (Å²) in [6, 6.07) is 13.2. The number of hydrogen-bond donors (Lipinski definition) is 0. The number of rotatable bonds is 6. The largest absolute Gasteiger partial charge is 0.416 e. The van der Waals surface area contributed by atoms with Crippen molar-refractivity contribution in [3.63, 3.8) is 0 Å². The van der Waals surface area contributed by atoms with E-state index >= 15 is 4.39 Å². The minimum Gasteiger partial charge on any atom is -0.378 e. The molecule has 196 valence electrons. The zero-order valence-electron chi connectivity index (χ0n) is 19.8. The average Bonchev–Trinajstić information content (AvgIpc) is 2.84. The zero-order chi connectivity index (χ0) is 26.0. The zero-order valence-corrected chi connectivity index (χ0v) is 20.6. The van der Waals surface area contributed by atoms with E-state index in [1.807, 2.05) is 35.2 Å². The highest BCUT2D eigenvalue weighted by molar-refractivity contribution is 7.92. The predicted octanol–water partition coefficient (Wildman–Crippen LogP) is 3.73. The molecule has 2 aliphatic heterocycles. The molecule has 0 aliphatic carbocycles. The van der Waals surface area contributed by atoms with Crippen LogP contribution in [0, 0.1) is 0 Å². The number of ether oxygens (including phenoxy) is 1. The van der Waals surface area contributed by atoms with Crippen LogP contribution in [0.4, 0.5) is 23.2 Å². The van der Waals surface area contributed by atoms with Gasteiger partial charge >= 0.3 is 6.18 Å². The first kappa shape index (κ1) is 26.2. The molecule has 36 heavy (non-hydrogen) atoms. The maximum atomic E-state index is 16.2. The second-order valence-corrected chi connectivity index (χ2v) is 10.8. The highest BCUT2D eigenvalue weighted by atomic mass is 32.2. The van der Waals surface area contributed by atoms with Crippen molar-refractivity contribution in [3.05, 3.63) is 65.7 Å². The minimum absolute atomic E-state index is 0.341. The van der Waals surface area contributed by atoms with E-state index in [1.54, 1.807) is 4.90 Å². The normalized spacial score (nSPS) is 18.6. The van der Waals surface area contributed by atoms with E-state index in [2.05, 4.69) is 0 Å². The molecule has 2 aromatic rings. The predicted molar refractivity (Wildman–Crippen MR) is 129 cm³/mol. The second-order valence-electron chi connectivity index (χ2n) is 8.69. The Labute approximate surface area is 208 Å². The van der Waals surface area contributed by atoms with Crippen molar-refractivity contribution in [3.8, 4) is 0 Å². The Hall–Kier alpha value is -2.86. The molecule has 4 rings (SSSR count). The van der Waals surface area contributed by atoms with Gasteiger partial charge in [0.2, 0.25) is 15.8 Å². The van der Waals surface area contributed by atoms with Crippen LogP contribution in [0.15, 0.2) is 59.6 Å². The summed E-state index contributed by atoms with van der Waals surface area (Å²) in [6.07, 6.45) is -4.69. The molecule has 2 saturated heterocycles. The molecule has 2 fully saturated rings. The van der Waals surface area contributed by atoms with Gasteiger partial charge in [-0.15, -0.1) is 0 Å². The summed E-state index contributed by atoms with van der Waals surface area (Å²) in [5.41, 5.74) is -0.452. The molecule has 0 atom stereocenters. The molecule has 12 heteroatoms. The molecule has 0 N–H and O–H groups in total. The molecule has 0 radical (unpaired) electrons. The van der Waals surface area contributed by atoms with E-state index in [0.717, 1.165) is 17.7 Å². The van der Waals surface area contributed by atoms with Gasteiger partial charge in [-0.2, -0.15) is 13.2 Å². The number of aliphatic imine (C=N–C) groups is 1. The summed E-state index contributed by atoms with van der Waals surface area (Å²) < 4.78 is 87.9. The highest BCUT2D eigenvalue weighted by Gasteiger charge is 2.54. The van der Waals surface area contributed by atoms with Crippen LogP contribution >= 0.6 is 0 Å². The van der Waals surface area contributed by atoms with Crippen molar-refractivity contribution >= 4 is 21.7 Å². The quantitative estimate of drug-likeness (QED) is 0.248. The molecule has 0 amide bonds. The Morgan fingerprint density at radius 2 is 1.72 bits per heavy atom. The Morgan fingerprint density at radius 3 is 2.33 bits per heavy atom. The summed E-state index contributed by atoms with van der Waals surface area (Å²) in [6.45, 7) is 2.95. The van der Waals surface area contributed by atoms with Crippen molar-refractivity contribution in [2.45, 2.75) is 25.4 Å². The fourth-order valence-electron chi connectivity index (χ4n) is 4.30. The molecule has 7 nitrogen and oxygen atoms in total. The van der Waals surface area contributed by atoms with Crippen molar-refractivity contribution in [1.29, 1.82) is 0 Å². The lowest BCUT2D eigenvalue weighted by atomic mass is 10.1. The van der Waals surface area contributed by atoms with Crippen LogP contribution in [0.25, 0.3) is 0 Å². The van der Waals surface area contributed by atoms with Crippen molar-refractivity contribution in [2.24, 2.45) is 4.99 Å². The molecular formula is C24H28F4N4O3S. The van der Waals surface area contributed by atoms with E-state index in [4.69, 9.17) is 9.73 Å². The summed E-state index contributed by atoms with van der Waals surface area (Å²) >= 11 is 0. The smallest absolute Gasteiger partial charge is 0.378 e. The molecule has 2 aliphatic rings. The number of morpholine rings is 1. The highest BCUT2D eigenvalue weighted by Crippen LogP contribution is 2.39. The Morgan fingerprint density at radius 1 is 1.06 bits per heavy atom. The molecule has 0 spiro atoms. The lowest BCUT2D eigenvalue weighted by molar-refractivity contribution is -0.137. The maximum Gasteiger partial charge on any atom is 0.416 e. The molecule has 0 aromatic heterocycles. The molecule has 0 unspecified atom stereocenters. The first-order valence-corrected chi connectivity index (χ1v) is 13.2. The van der Waals surface area contributed by atoms with Crippen molar-refractivity contribution in [1.82, 2.24) is 9.80 Å². The summed E-state index contributed by atoms with van der Waals surface area (Å²) in [7, 11) is -4.23. The maximum absolute atomic E-state index is 16.2. The number of guanidine groups is 1. The minimum atomic E-state index is -4.69. The summed E-state index contributed by atoms with van der Waals surface area (Å²) in [5.74, 6) is -2.39. The number of benzene rings is 2. The van der Waals surface area contributed by atoms with Crippen LogP contribution in [0.1, 0.15) is 18.1 Å². The fourth-order valence-corrected chi connectivity index (χ4v) is 5.60. The summed E-state index contributed by atoms with van der Waals surface area (Å²) in [4.78, 5) is 8.27. The monoisotopic (exact) mass is 528 g/mol. The number of anilines is 1. The van der Waals surface area contributed by atoms with Gasteiger partial charge in [0.15, 0.2) is 5.96 Å². The first-order valence-electron chi connectivity index (χ1n) is 11.6. The topological polar surface area (TPSA) is 65.5 Å². The number of nitrogens with zero attached hydrogens (tertiary/aromatic N) is 4. The van der Waals surface area contributed by atoms with Gasteiger partial charge in [0.05, 0.1) is 49.9 Å². The standard InChI is InChI=1S/C24H28F4N4O3S/c1-2-36(33,34)32(21-10-6-9-20(15-21)24(26,27)28)23(25)17-31(18-23)22(30-11-13-35-14-12-30)29-16-19-7-4-3-5-8-19/h3-10,15H,2,11-14,16-18H2,1H3. The van der Waals surface area contributed by atoms with E-state index in [0.29, 0.717) is 49.2 Å². The second kappa shape index (κ2) is 10.3. The molecule has 2 aromatic carbocycles. The number of likely N-dealkylation sites (tertiary alicyclic amines) is 1. The van der Waals surface area contributed by atoms with Gasteiger partial charge in [0.1, 0.15) is 0 Å². The lowest BCUT2D eigenvalue weighted by Gasteiger charge is -2.52. The van der Waals surface area contributed by atoms with Crippen molar-refractivity contribution in [2.75, 3.05) is 49.5 Å². The van der Waals surface area contributed by atoms with Gasteiger partial charge in [0.25, 0.3) is 0 Å². The number of alkyl halides is 4. The van der Waals surface area contributed by atoms with E-state index in [9.17, 15) is 21.6 Å². The van der Waals surface area contributed by atoms with E-state index in [1.165, 1.54) is 13.0 Å². The SMILES string of the molecule is CCS(=O)(=O)N(c1cccc(C(F)(F)F)c1)C1(F)CN(C(=NCc2ccccc2)N2CCOCC2)C1. The number of halogens is 4. The van der Waals surface area contributed by atoms with Gasteiger partial charge in [-0.1, -0.05) is 36.4 Å². The molecular weight excluding hydrogens is 500 g/mol. The van der Waals surface area contributed by atoms with E-state index < -0.39 is 33.3 Å². The van der Waals surface area contributed by atoms with Gasteiger partial charge in [-0.3, -0.25) is 0 Å². The van der Waals surface area contributed by atoms with Crippen LogP contribution in [0.3, 0.4) is 0 Å².